The molecule has 1 saturated heterocycles. The Kier molecular flexibility index (Phi) is 8.07. The molecule has 0 radical (unpaired) electrons. The molecule has 3 aromatic carbocycles. The van der Waals surface area contributed by atoms with Gasteiger partial charge in [-0.3, -0.25) is 14.5 Å². The highest BCUT2D eigenvalue weighted by Gasteiger charge is 2.33. The minimum absolute atomic E-state index is 0.161. The van der Waals surface area contributed by atoms with Crippen molar-refractivity contribution < 1.29 is 19.1 Å². The fourth-order valence-corrected chi connectivity index (χ4v) is 4.93. The Bertz CT molecular complexity index is 1340. The first-order valence-electron chi connectivity index (χ1n) is 11.5. The summed E-state index contributed by atoms with van der Waals surface area (Å²) < 4.78 is 11.7. The van der Waals surface area contributed by atoms with Crippen LogP contribution in [-0.2, 0) is 9.59 Å². The van der Waals surface area contributed by atoms with Gasteiger partial charge in [0.2, 0.25) is 0 Å². The lowest BCUT2D eigenvalue weighted by molar-refractivity contribution is -0.118. The Hall–Kier alpha value is -3.62. The monoisotopic (exact) mass is 518 g/mol. The maximum absolute atomic E-state index is 13.2. The van der Waals surface area contributed by atoms with Crippen LogP contribution < -0.4 is 19.7 Å². The molecule has 6 nitrogen and oxygen atoms in total. The summed E-state index contributed by atoms with van der Waals surface area (Å²) in [5.74, 6) is 0.756. The molecule has 2 amide bonds. The van der Waals surface area contributed by atoms with Crippen molar-refractivity contribution in [3.05, 3.63) is 88.3 Å². The molecule has 1 aliphatic rings. The minimum Gasteiger partial charge on any atom is -0.494 e. The van der Waals surface area contributed by atoms with Crippen LogP contribution in [0.4, 0.5) is 11.4 Å². The van der Waals surface area contributed by atoms with Crippen LogP contribution in [0.5, 0.6) is 11.5 Å². The van der Waals surface area contributed by atoms with Crippen LogP contribution in [0.1, 0.15) is 23.6 Å². The molecule has 0 bridgehead atoms. The Balaban J connectivity index is 1.47. The van der Waals surface area contributed by atoms with Gasteiger partial charge in [0.05, 0.1) is 17.2 Å². The number of aryl methyl sites for hydroxylation is 1. The second kappa shape index (κ2) is 11.4. The van der Waals surface area contributed by atoms with E-state index < -0.39 is 0 Å². The number of nitrogens with zero attached hydrogens (tertiary/aromatic N) is 1. The molecule has 36 heavy (non-hydrogen) atoms. The highest BCUT2D eigenvalue weighted by atomic mass is 32.2. The van der Waals surface area contributed by atoms with E-state index in [1.165, 1.54) is 16.7 Å². The lowest BCUT2D eigenvalue weighted by atomic mass is 10.1. The number of benzene rings is 3. The van der Waals surface area contributed by atoms with Gasteiger partial charge in [-0.1, -0.05) is 54.3 Å². The van der Waals surface area contributed by atoms with Crippen LogP contribution in [0.3, 0.4) is 0 Å². The second-order valence-corrected chi connectivity index (χ2v) is 9.74. The highest BCUT2D eigenvalue weighted by Crippen LogP contribution is 2.37. The Morgan fingerprint density at radius 2 is 1.78 bits per heavy atom. The van der Waals surface area contributed by atoms with Gasteiger partial charge in [-0.25, -0.2) is 0 Å². The zero-order valence-corrected chi connectivity index (χ0v) is 21.9. The van der Waals surface area contributed by atoms with Crippen molar-refractivity contribution in [2.75, 3.05) is 23.4 Å². The summed E-state index contributed by atoms with van der Waals surface area (Å²) >= 11 is 6.72. The maximum atomic E-state index is 13.2. The number of amides is 2. The fraction of sp³-hybridized carbons (Fsp3) is 0.179. The van der Waals surface area contributed by atoms with Gasteiger partial charge in [0, 0.05) is 11.3 Å². The molecule has 0 aromatic heterocycles. The van der Waals surface area contributed by atoms with E-state index in [2.05, 4.69) is 5.32 Å². The predicted octanol–water partition coefficient (Wildman–Crippen LogP) is 6.13. The van der Waals surface area contributed by atoms with Crippen molar-refractivity contribution in [3.63, 3.8) is 0 Å². The van der Waals surface area contributed by atoms with Crippen molar-refractivity contribution in [3.8, 4) is 11.5 Å². The number of ether oxygens (including phenoxy) is 2. The van der Waals surface area contributed by atoms with Crippen molar-refractivity contribution in [1.29, 1.82) is 0 Å². The lowest BCUT2D eigenvalue weighted by Crippen LogP contribution is -2.27. The Morgan fingerprint density at radius 3 is 2.53 bits per heavy atom. The molecule has 0 aliphatic carbocycles. The first kappa shape index (κ1) is 25.5. The van der Waals surface area contributed by atoms with Gasteiger partial charge in [-0.05, 0) is 74.4 Å². The van der Waals surface area contributed by atoms with Gasteiger partial charge >= 0.3 is 0 Å². The van der Waals surface area contributed by atoms with Crippen molar-refractivity contribution in [2.24, 2.45) is 0 Å². The van der Waals surface area contributed by atoms with E-state index in [4.69, 9.17) is 21.7 Å². The van der Waals surface area contributed by atoms with E-state index in [-0.39, 0.29) is 18.4 Å². The number of rotatable bonds is 8. The topological polar surface area (TPSA) is 67.9 Å². The third-order valence-electron chi connectivity index (χ3n) is 5.64. The van der Waals surface area contributed by atoms with Gasteiger partial charge in [0.25, 0.3) is 11.8 Å². The Morgan fingerprint density at radius 1 is 1.03 bits per heavy atom. The van der Waals surface area contributed by atoms with Crippen LogP contribution >= 0.6 is 24.0 Å². The van der Waals surface area contributed by atoms with Crippen LogP contribution in [-0.4, -0.2) is 29.3 Å². The largest absolute Gasteiger partial charge is 0.494 e. The molecule has 0 spiro atoms. The van der Waals surface area contributed by atoms with E-state index >= 15 is 0 Å². The molecule has 1 N–H and O–H groups in total. The van der Waals surface area contributed by atoms with E-state index in [1.807, 2.05) is 81.4 Å². The number of carbonyl (C=O) groups is 2. The van der Waals surface area contributed by atoms with Crippen molar-refractivity contribution in [1.82, 2.24) is 0 Å². The summed E-state index contributed by atoms with van der Waals surface area (Å²) in [5.41, 5.74) is 4.23. The summed E-state index contributed by atoms with van der Waals surface area (Å²) in [5, 5.41) is 2.89. The lowest BCUT2D eigenvalue weighted by Gasteiger charge is -2.15. The molecular weight excluding hydrogens is 492 g/mol. The van der Waals surface area contributed by atoms with Gasteiger partial charge in [-0.15, -0.1) is 0 Å². The van der Waals surface area contributed by atoms with E-state index in [1.54, 1.807) is 12.1 Å². The van der Waals surface area contributed by atoms with E-state index in [0.29, 0.717) is 32.8 Å². The SMILES string of the molecule is CCOc1ccc(N2C(=O)/C(=C/c3ccccc3OCC(=O)Nc3cccc(C)c3C)SC2=S)cc1. The Labute approximate surface area is 220 Å². The molecule has 0 unspecified atom stereocenters. The van der Waals surface area contributed by atoms with E-state index in [9.17, 15) is 9.59 Å². The number of carbonyl (C=O) groups excluding carboxylic acids is 2. The molecule has 8 heteroatoms. The number of hydrogen-bond donors (Lipinski definition) is 1. The smallest absolute Gasteiger partial charge is 0.270 e. The third kappa shape index (κ3) is 5.78. The first-order chi connectivity index (χ1) is 17.4. The standard InChI is InChI=1S/C28H26N2O4S2/c1-4-33-22-14-12-21(13-15-22)30-27(32)25(36-28(30)35)16-20-9-5-6-11-24(20)34-17-26(31)29-23-10-7-8-18(2)19(23)3/h5-16H,4,17H2,1-3H3,(H,29,31)/b25-16-. The normalized spacial score (nSPS) is 14.3. The summed E-state index contributed by atoms with van der Waals surface area (Å²) in [6.07, 6.45) is 1.74. The summed E-state index contributed by atoms with van der Waals surface area (Å²) in [6, 6.07) is 20.3. The molecule has 0 atom stereocenters. The second-order valence-electron chi connectivity index (χ2n) is 8.07. The van der Waals surface area contributed by atoms with Crippen LogP contribution in [0.2, 0.25) is 0 Å². The summed E-state index contributed by atoms with van der Waals surface area (Å²) in [6.45, 7) is 6.28. The van der Waals surface area contributed by atoms with Crippen molar-refractivity contribution >= 4 is 57.6 Å². The number of hydrogen-bond acceptors (Lipinski definition) is 6. The minimum atomic E-state index is -0.264. The molecule has 3 aromatic rings. The molecule has 4 rings (SSSR count). The predicted molar refractivity (Wildman–Crippen MR) is 150 cm³/mol. The van der Waals surface area contributed by atoms with Crippen LogP contribution in [0.15, 0.2) is 71.6 Å². The summed E-state index contributed by atoms with van der Waals surface area (Å²) in [4.78, 5) is 27.7. The number of nitrogens with one attached hydrogen (secondary N) is 1. The molecule has 1 aliphatic heterocycles. The van der Waals surface area contributed by atoms with Gasteiger partial charge in [-0.2, -0.15) is 0 Å². The third-order valence-corrected chi connectivity index (χ3v) is 6.94. The molecule has 1 fully saturated rings. The number of anilines is 2. The number of thiocarbonyl (C=S) groups is 1. The van der Waals surface area contributed by atoms with Gasteiger partial charge in [0.15, 0.2) is 10.9 Å². The van der Waals surface area contributed by atoms with Gasteiger partial charge < -0.3 is 14.8 Å². The van der Waals surface area contributed by atoms with E-state index in [0.717, 1.165) is 22.6 Å². The zero-order chi connectivity index (χ0) is 25.7. The molecular formula is C28H26N2O4S2. The average molecular weight is 519 g/mol. The van der Waals surface area contributed by atoms with Crippen LogP contribution in [0, 0.1) is 13.8 Å². The van der Waals surface area contributed by atoms with Crippen molar-refractivity contribution in [2.45, 2.75) is 20.8 Å². The zero-order valence-electron chi connectivity index (χ0n) is 20.2. The summed E-state index contributed by atoms with van der Waals surface area (Å²) in [7, 11) is 0. The highest BCUT2D eigenvalue weighted by molar-refractivity contribution is 8.27. The maximum Gasteiger partial charge on any atom is 0.270 e. The average Bonchev–Trinajstić information content (AvgIpc) is 3.14. The van der Waals surface area contributed by atoms with Gasteiger partial charge in [0.1, 0.15) is 11.5 Å². The molecule has 184 valence electrons. The quantitative estimate of drug-likeness (QED) is 0.286. The first-order valence-corrected chi connectivity index (χ1v) is 12.7. The number of para-hydroxylation sites is 1. The van der Waals surface area contributed by atoms with Crippen LogP contribution in [0.25, 0.3) is 6.08 Å². The molecule has 0 saturated carbocycles. The fourth-order valence-electron chi connectivity index (χ4n) is 3.64. The number of thioether (sulfide) groups is 1. The molecule has 1 heterocycles.